The molecule has 0 saturated heterocycles. The molecule has 1 nitrogen and oxygen atoms in total. The second-order valence-corrected chi connectivity index (χ2v) is 11.6. The summed E-state index contributed by atoms with van der Waals surface area (Å²) in [6, 6.07) is 9.02. The Bertz CT molecular complexity index is 589. The van der Waals surface area contributed by atoms with Gasteiger partial charge in [-0.3, -0.25) is 0 Å². The molecule has 0 radical (unpaired) electrons. The van der Waals surface area contributed by atoms with Crippen LogP contribution < -0.4 is 4.74 Å². The number of unbranched alkanes of at least 4 members (excludes halogenated alkanes) is 3. The largest absolute Gasteiger partial charge is 0.494 e. The predicted octanol–water partition coefficient (Wildman–Crippen LogP) is 10.2. The quantitative estimate of drug-likeness (QED) is 0.239. The van der Waals surface area contributed by atoms with E-state index in [1.807, 2.05) is 0 Å². The average Bonchev–Trinajstić information content (AvgIpc) is 2.86. The number of aryl methyl sites for hydroxylation is 1. The molecule has 0 bridgehead atoms. The molecule has 2 aliphatic carbocycles. The zero-order valence-corrected chi connectivity index (χ0v) is 22.2. The van der Waals surface area contributed by atoms with Crippen molar-refractivity contribution < 1.29 is 4.74 Å². The molecule has 0 aromatic heterocycles. The summed E-state index contributed by atoms with van der Waals surface area (Å²) >= 11 is 0. The summed E-state index contributed by atoms with van der Waals surface area (Å²) in [6.07, 6.45) is 27.0. The maximum absolute atomic E-state index is 6.08. The normalized spacial score (nSPS) is 25.8. The minimum Gasteiger partial charge on any atom is -0.494 e. The molecule has 0 N–H and O–H groups in total. The highest BCUT2D eigenvalue weighted by atomic mass is 16.5. The van der Waals surface area contributed by atoms with Crippen LogP contribution >= 0.6 is 0 Å². The lowest BCUT2D eigenvalue weighted by molar-refractivity contribution is 0.228. The van der Waals surface area contributed by atoms with Gasteiger partial charge in [-0.2, -0.15) is 0 Å². The Kier molecular flexibility index (Phi) is 12.8. The molecular formula is C32H54O. The van der Waals surface area contributed by atoms with Crippen molar-refractivity contribution in [3.05, 3.63) is 29.8 Å². The molecule has 0 unspecified atom stereocenters. The molecule has 0 atom stereocenters. The van der Waals surface area contributed by atoms with Crippen molar-refractivity contribution in [1.82, 2.24) is 0 Å². The predicted molar refractivity (Wildman–Crippen MR) is 144 cm³/mol. The number of hydrogen-bond acceptors (Lipinski definition) is 1. The molecule has 0 amide bonds. The molecule has 2 fully saturated rings. The van der Waals surface area contributed by atoms with Gasteiger partial charge < -0.3 is 4.74 Å². The van der Waals surface area contributed by atoms with Gasteiger partial charge >= 0.3 is 0 Å². The summed E-state index contributed by atoms with van der Waals surface area (Å²) in [5.41, 5.74) is 1.49. The summed E-state index contributed by atoms with van der Waals surface area (Å²) in [5, 5.41) is 0. The summed E-state index contributed by atoms with van der Waals surface area (Å²) in [4.78, 5) is 0. The lowest BCUT2D eigenvalue weighted by atomic mass is 9.78. The van der Waals surface area contributed by atoms with Crippen LogP contribution in [0.2, 0.25) is 0 Å². The minimum absolute atomic E-state index is 0.886. The van der Waals surface area contributed by atoms with Crippen LogP contribution in [-0.4, -0.2) is 6.61 Å². The molecule has 3 rings (SSSR count). The lowest BCUT2D eigenvalue weighted by Gasteiger charge is -2.28. The highest BCUT2D eigenvalue weighted by molar-refractivity contribution is 5.27. The van der Waals surface area contributed by atoms with Gasteiger partial charge in [0.15, 0.2) is 0 Å². The third-order valence-corrected chi connectivity index (χ3v) is 8.89. The van der Waals surface area contributed by atoms with Crippen molar-refractivity contribution in [2.45, 2.75) is 136 Å². The van der Waals surface area contributed by atoms with E-state index in [2.05, 4.69) is 38.1 Å². The monoisotopic (exact) mass is 454 g/mol. The van der Waals surface area contributed by atoms with Crippen LogP contribution in [0.15, 0.2) is 24.3 Å². The van der Waals surface area contributed by atoms with Gasteiger partial charge in [-0.25, -0.2) is 0 Å². The van der Waals surface area contributed by atoms with Crippen LogP contribution in [0.5, 0.6) is 5.75 Å². The molecule has 2 saturated carbocycles. The van der Waals surface area contributed by atoms with Gasteiger partial charge in [0, 0.05) is 0 Å². The fourth-order valence-corrected chi connectivity index (χ4v) is 6.57. The first-order valence-corrected chi connectivity index (χ1v) is 15.0. The Balaban J connectivity index is 1.21. The molecular weight excluding hydrogens is 400 g/mol. The van der Waals surface area contributed by atoms with Crippen molar-refractivity contribution in [2.24, 2.45) is 23.7 Å². The van der Waals surface area contributed by atoms with Gasteiger partial charge in [-0.1, -0.05) is 122 Å². The van der Waals surface area contributed by atoms with Crippen molar-refractivity contribution in [3.8, 4) is 5.75 Å². The molecule has 188 valence electrons. The maximum atomic E-state index is 6.08. The third-order valence-electron chi connectivity index (χ3n) is 8.89. The fourth-order valence-electron chi connectivity index (χ4n) is 6.57. The van der Waals surface area contributed by atoms with E-state index in [-0.39, 0.29) is 0 Å². The first-order valence-electron chi connectivity index (χ1n) is 15.0. The molecule has 0 spiro atoms. The summed E-state index contributed by atoms with van der Waals surface area (Å²) in [5.74, 6) is 5.04. The van der Waals surface area contributed by atoms with E-state index in [9.17, 15) is 0 Å². The smallest absolute Gasteiger partial charge is 0.119 e. The molecule has 1 aromatic rings. The lowest BCUT2D eigenvalue weighted by Crippen LogP contribution is -2.15. The van der Waals surface area contributed by atoms with E-state index < -0.39 is 0 Å². The highest BCUT2D eigenvalue weighted by Gasteiger charge is 2.21. The van der Waals surface area contributed by atoms with Crippen molar-refractivity contribution in [3.63, 3.8) is 0 Å². The summed E-state index contributed by atoms with van der Waals surface area (Å²) in [6.45, 7) is 5.53. The number of hydrogen-bond donors (Lipinski definition) is 0. The van der Waals surface area contributed by atoms with E-state index in [1.165, 1.54) is 128 Å². The Morgan fingerprint density at radius 1 is 0.576 bits per heavy atom. The highest BCUT2D eigenvalue weighted by Crippen LogP contribution is 2.35. The average molecular weight is 455 g/mol. The van der Waals surface area contributed by atoms with E-state index in [4.69, 9.17) is 4.74 Å². The van der Waals surface area contributed by atoms with Gasteiger partial charge in [0.05, 0.1) is 6.61 Å². The van der Waals surface area contributed by atoms with Crippen LogP contribution in [-0.2, 0) is 6.42 Å². The SMILES string of the molecule is CCCCCC[C@H]1CC[C@H](CCCOc2ccc(CC[C@H]3CC[C@H](CCC)CC3)cc2)CC1. The Morgan fingerprint density at radius 2 is 1.12 bits per heavy atom. The van der Waals surface area contributed by atoms with E-state index >= 15 is 0 Å². The third kappa shape index (κ3) is 10.4. The Morgan fingerprint density at radius 3 is 1.70 bits per heavy atom. The first kappa shape index (κ1) is 26.6. The van der Waals surface area contributed by atoms with Crippen LogP contribution in [0.4, 0.5) is 0 Å². The van der Waals surface area contributed by atoms with Crippen LogP contribution in [0.1, 0.15) is 135 Å². The maximum Gasteiger partial charge on any atom is 0.119 e. The van der Waals surface area contributed by atoms with Crippen LogP contribution in [0.25, 0.3) is 0 Å². The second kappa shape index (κ2) is 15.8. The Hall–Kier alpha value is -0.980. The molecule has 33 heavy (non-hydrogen) atoms. The van der Waals surface area contributed by atoms with Gasteiger partial charge in [0.25, 0.3) is 0 Å². The number of benzene rings is 1. The Labute approximate surface area is 206 Å². The zero-order chi connectivity index (χ0) is 23.1. The van der Waals surface area contributed by atoms with Crippen molar-refractivity contribution in [1.29, 1.82) is 0 Å². The van der Waals surface area contributed by atoms with Crippen molar-refractivity contribution in [2.75, 3.05) is 6.61 Å². The number of ether oxygens (including phenoxy) is 1. The molecule has 1 heteroatoms. The van der Waals surface area contributed by atoms with Crippen molar-refractivity contribution >= 4 is 0 Å². The minimum atomic E-state index is 0.886. The van der Waals surface area contributed by atoms with Crippen LogP contribution in [0, 0.1) is 23.7 Å². The second-order valence-electron chi connectivity index (χ2n) is 11.6. The van der Waals surface area contributed by atoms with Gasteiger partial charge in [-0.05, 0) is 67.1 Å². The van der Waals surface area contributed by atoms with Gasteiger partial charge in [0.2, 0.25) is 0 Å². The first-order chi connectivity index (χ1) is 16.3. The zero-order valence-electron chi connectivity index (χ0n) is 22.2. The van der Waals surface area contributed by atoms with E-state index in [1.54, 1.807) is 0 Å². The van der Waals surface area contributed by atoms with Gasteiger partial charge in [-0.15, -0.1) is 0 Å². The fraction of sp³-hybridized carbons (Fsp3) is 0.812. The molecule has 1 aromatic carbocycles. The summed E-state index contributed by atoms with van der Waals surface area (Å²) < 4.78 is 6.08. The molecule has 0 heterocycles. The van der Waals surface area contributed by atoms with E-state index in [0.717, 1.165) is 36.0 Å². The van der Waals surface area contributed by atoms with Crippen LogP contribution in [0.3, 0.4) is 0 Å². The topological polar surface area (TPSA) is 9.23 Å². The van der Waals surface area contributed by atoms with E-state index in [0.29, 0.717) is 0 Å². The standard InChI is InChI=1S/C32H54O/c1-3-5-6-7-10-28-14-16-29(17-15-28)11-8-26-33-32-24-22-31(23-25-32)21-20-30-18-12-27(9-4-2)13-19-30/h22-25,27-30H,3-21,26H2,1-2H3/t27-,28-,29-,30-. The summed E-state index contributed by atoms with van der Waals surface area (Å²) in [7, 11) is 0. The molecule has 0 aliphatic heterocycles. The molecule has 2 aliphatic rings. The van der Waals surface area contributed by atoms with Gasteiger partial charge in [0.1, 0.15) is 5.75 Å². The number of rotatable bonds is 15.